The van der Waals surface area contributed by atoms with Crippen molar-refractivity contribution < 1.29 is 13.2 Å². The number of rotatable bonds is 5. The Hall–Kier alpha value is -3.41. The van der Waals surface area contributed by atoms with Gasteiger partial charge in [0.05, 0.1) is 18.3 Å². The average molecular weight is 496 g/mol. The molecule has 4 aromatic rings. The molecule has 0 aliphatic carbocycles. The minimum absolute atomic E-state index is 0.0769. The first kappa shape index (κ1) is 22.4. The van der Waals surface area contributed by atoms with E-state index in [0.717, 1.165) is 17.3 Å². The summed E-state index contributed by atoms with van der Waals surface area (Å²) in [5, 5.41) is 0. The summed E-state index contributed by atoms with van der Waals surface area (Å²) in [6.07, 6.45) is 1.66. The van der Waals surface area contributed by atoms with E-state index in [2.05, 4.69) is 8.75 Å². The molecule has 0 radical (unpaired) electrons. The van der Waals surface area contributed by atoms with Crippen LogP contribution in [0.1, 0.15) is 15.9 Å². The first-order chi connectivity index (χ1) is 16.4. The Morgan fingerprint density at radius 2 is 1.68 bits per heavy atom. The first-order valence-electron chi connectivity index (χ1n) is 10.7. The highest BCUT2D eigenvalue weighted by Gasteiger charge is 2.32. The van der Waals surface area contributed by atoms with E-state index in [1.807, 2.05) is 30.3 Å². The third-order valence-electron chi connectivity index (χ3n) is 5.84. The number of aromatic nitrogens is 3. The lowest BCUT2D eigenvalue weighted by Gasteiger charge is -2.34. The van der Waals surface area contributed by atoms with Crippen molar-refractivity contribution >= 4 is 38.7 Å². The van der Waals surface area contributed by atoms with Gasteiger partial charge in [-0.2, -0.15) is 13.1 Å². The van der Waals surface area contributed by atoms with E-state index in [4.69, 9.17) is 0 Å². The number of carbonyl (C=O) groups excluding carboxylic acids is 1. The molecule has 0 bridgehead atoms. The molecule has 1 aliphatic rings. The van der Waals surface area contributed by atoms with Gasteiger partial charge in [-0.25, -0.2) is 8.42 Å². The summed E-state index contributed by atoms with van der Waals surface area (Å²) < 4.78 is 37.5. The van der Waals surface area contributed by atoms with E-state index in [1.165, 1.54) is 25.9 Å². The second kappa shape index (κ2) is 9.09. The molecule has 34 heavy (non-hydrogen) atoms. The maximum atomic E-state index is 13.2. The summed E-state index contributed by atoms with van der Waals surface area (Å²) in [7, 11) is -3.79. The molecule has 0 N–H and O–H groups in total. The van der Waals surface area contributed by atoms with Crippen molar-refractivity contribution in [2.75, 3.05) is 26.2 Å². The third kappa shape index (κ3) is 4.13. The second-order valence-electron chi connectivity index (χ2n) is 7.92. The molecule has 3 heterocycles. The predicted molar refractivity (Wildman–Crippen MR) is 128 cm³/mol. The number of nitrogens with zero attached hydrogens (tertiary/aromatic N) is 5. The molecule has 1 saturated heterocycles. The number of piperazine rings is 1. The standard InChI is InChI=1S/C23H21N5O4S2/c29-22(18-8-5-11-27(23(18)30)16-17-6-2-1-3-7-17)26-12-14-28(15-13-26)34(31,32)20-10-4-9-19-21(20)25-33-24-19/h1-11H,12-16H2. The molecular formula is C23H21N5O4S2. The fourth-order valence-electron chi connectivity index (χ4n) is 4.03. The molecule has 2 aromatic heterocycles. The summed E-state index contributed by atoms with van der Waals surface area (Å²) in [5.41, 5.74) is 1.56. The van der Waals surface area contributed by atoms with E-state index in [-0.39, 0.29) is 42.2 Å². The van der Waals surface area contributed by atoms with Crippen molar-refractivity contribution in [2.24, 2.45) is 0 Å². The van der Waals surface area contributed by atoms with Crippen LogP contribution in [0.15, 0.2) is 76.6 Å². The zero-order chi connectivity index (χ0) is 23.7. The topological polar surface area (TPSA) is 105 Å². The van der Waals surface area contributed by atoms with Crippen LogP contribution in [0.25, 0.3) is 11.0 Å². The Morgan fingerprint density at radius 3 is 2.44 bits per heavy atom. The largest absolute Gasteiger partial charge is 0.336 e. The highest BCUT2D eigenvalue weighted by Crippen LogP contribution is 2.25. The monoisotopic (exact) mass is 495 g/mol. The van der Waals surface area contributed by atoms with E-state index < -0.39 is 15.9 Å². The summed E-state index contributed by atoms with van der Waals surface area (Å²) in [6.45, 7) is 1.01. The third-order valence-corrected chi connectivity index (χ3v) is 8.31. The lowest BCUT2D eigenvalue weighted by Crippen LogP contribution is -2.51. The average Bonchev–Trinajstić information content (AvgIpc) is 3.35. The van der Waals surface area contributed by atoms with Crippen molar-refractivity contribution in [3.05, 3.63) is 88.3 Å². The van der Waals surface area contributed by atoms with Crippen LogP contribution in [0, 0.1) is 0 Å². The Labute approximate surface area is 200 Å². The summed E-state index contributed by atoms with van der Waals surface area (Å²) in [6, 6.07) is 17.6. The van der Waals surface area contributed by atoms with Gasteiger partial charge in [-0.3, -0.25) is 9.59 Å². The molecule has 0 unspecified atom stereocenters. The van der Waals surface area contributed by atoms with Gasteiger partial charge in [0.25, 0.3) is 11.5 Å². The molecule has 5 rings (SSSR count). The summed E-state index contributed by atoms with van der Waals surface area (Å²) >= 11 is 0.967. The Morgan fingerprint density at radius 1 is 0.912 bits per heavy atom. The Balaban J connectivity index is 1.31. The fourth-order valence-corrected chi connectivity index (χ4v) is 6.21. The van der Waals surface area contributed by atoms with E-state index >= 15 is 0 Å². The molecule has 0 saturated carbocycles. The van der Waals surface area contributed by atoms with E-state index in [1.54, 1.807) is 24.4 Å². The van der Waals surface area contributed by atoms with Crippen LogP contribution in [0.4, 0.5) is 0 Å². The van der Waals surface area contributed by atoms with Crippen molar-refractivity contribution in [2.45, 2.75) is 11.4 Å². The number of hydrogen-bond donors (Lipinski definition) is 0. The predicted octanol–water partition coefficient (Wildman–Crippen LogP) is 2.05. The quantitative estimate of drug-likeness (QED) is 0.420. The first-order valence-corrected chi connectivity index (χ1v) is 12.9. The number of sulfonamides is 1. The molecule has 174 valence electrons. The van der Waals surface area contributed by atoms with Gasteiger partial charge in [0.15, 0.2) is 0 Å². The van der Waals surface area contributed by atoms with Crippen molar-refractivity contribution in [3.63, 3.8) is 0 Å². The van der Waals surface area contributed by atoms with Crippen LogP contribution in [-0.2, 0) is 16.6 Å². The van der Waals surface area contributed by atoms with Gasteiger partial charge in [-0.1, -0.05) is 36.4 Å². The van der Waals surface area contributed by atoms with Crippen molar-refractivity contribution in [1.82, 2.24) is 22.5 Å². The highest BCUT2D eigenvalue weighted by atomic mass is 32.2. The van der Waals surface area contributed by atoms with Crippen molar-refractivity contribution in [3.8, 4) is 0 Å². The lowest BCUT2D eigenvalue weighted by molar-refractivity contribution is 0.0695. The zero-order valence-electron chi connectivity index (χ0n) is 18.1. The van der Waals surface area contributed by atoms with Gasteiger partial charge >= 0.3 is 0 Å². The smallest absolute Gasteiger partial charge is 0.263 e. The molecule has 1 amide bonds. The number of pyridine rings is 1. The summed E-state index contributed by atoms with van der Waals surface area (Å²) in [4.78, 5) is 27.7. The molecule has 1 fully saturated rings. The highest BCUT2D eigenvalue weighted by molar-refractivity contribution is 7.89. The molecule has 0 spiro atoms. The molecule has 2 aromatic carbocycles. The van der Waals surface area contributed by atoms with Crippen LogP contribution in [-0.4, -0.2) is 63.0 Å². The lowest BCUT2D eigenvalue weighted by atomic mass is 10.2. The van der Waals surface area contributed by atoms with Crippen LogP contribution in [0.3, 0.4) is 0 Å². The van der Waals surface area contributed by atoms with Gasteiger partial charge in [0.2, 0.25) is 10.0 Å². The number of hydrogen-bond acceptors (Lipinski definition) is 7. The molecule has 0 atom stereocenters. The Kier molecular flexibility index (Phi) is 5.98. The molecular weight excluding hydrogens is 474 g/mol. The van der Waals surface area contributed by atoms with Gasteiger partial charge < -0.3 is 9.47 Å². The number of fused-ring (bicyclic) bond motifs is 1. The maximum Gasteiger partial charge on any atom is 0.263 e. The number of amides is 1. The normalized spacial score (nSPS) is 15.0. The fraction of sp³-hybridized carbons (Fsp3) is 0.217. The molecule has 9 nitrogen and oxygen atoms in total. The minimum atomic E-state index is -3.79. The second-order valence-corrected chi connectivity index (χ2v) is 10.4. The van der Waals surface area contributed by atoms with Crippen molar-refractivity contribution in [1.29, 1.82) is 0 Å². The van der Waals surface area contributed by atoms with E-state index in [0.29, 0.717) is 17.6 Å². The Bertz CT molecular complexity index is 1510. The van der Waals surface area contributed by atoms with Crippen LogP contribution in [0.5, 0.6) is 0 Å². The van der Waals surface area contributed by atoms with E-state index in [9.17, 15) is 18.0 Å². The zero-order valence-corrected chi connectivity index (χ0v) is 19.7. The van der Waals surface area contributed by atoms with Crippen LogP contribution < -0.4 is 5.56 Å². The van der Waals surface area contributed by atoms with Gasteiger partial charge in [0, 0.05) is 32.4 Å². The SMILES string of the molecule is O=C(c1cccn(Cc2ccccc2)c1=O)N1CCN(S(=O)(=O)c2cccc3nsnc23)CC1. The molecule has 1 aliphatic heterocycles. The van der Waals surface area contributed by atoms with Crippen LogP contribution in [0.2, 0.25) is 0 Å². The summed E-state index contributed by atoms with van der Waals surface area (Å²) in [5.74, 6) is -0.393. The minimum Gasteiger partial charge on any atom is -0.336 e. The maximum absolute atomic E-state index is 13.2. The van der Waals surface area contributed by atoms with Gasteiger partial charge in [0.1, 0.15) is 21.5 Å². The van der Waals surface area contributed by atoms with Gasteiger partial charge in [-0.15, -0.1) is 0 Å². The number of carbonyl (C=O) groups is 1. The van der Waals surface area contributed by atoms with Gasteiger partial charge in [-0.05, 0) is 29.8 Å². The van der Waals surface area contributed by atoms with Crippen LogP contribution >= 0.6 is 11.7 Å². The molecule has 11 heteroatoms. The number of benzene rings is 2.